The van der Waals surface area contributed by atoms with Crippen LogP contribution in [0.25, 0.3) is 0 Å². The van der Waals surface area contributed by atoms with Crippen molar-refractivity contribution in [3.63, 3.8) is 0 Å². The summed E-state index contributed by atoms with van der Waals surface area (Å²) in [5.74, 6) is -0.277. The number of amides is 1. The maximum atomic E-state index is 13.0. The average Bonchev–Trinajstić information content (AvgIpc) is 2.89. The summed E-state index contributed by atoms with van der Waals surface area (Å²) in [6, 6.07) is 14.0. The number of nitrogens with zero attached hydrogens (tertiary/aromatic N) is 1. The first kappa shape index (κ1) is 26.9. The lowest BCUT2D eigenvalue weighted by Gasteiger charge is -2.39. The number of aliphatic carboxylic acids is 1. The molecule has 200 valence electrons. The minimum Gasteiger partial charge on any atom is -0.481 e. The van der Waals surface area contributed by atoms with E-state index in [0.717, 1.165) is 50.6 Å². The summed E-state index contributed by atoms with van der Waals surface area (Å²) >= 11 is 0. The van der Waals surface area contributed by atoms with Crippen LogP contribution in [-0.2, 0) is 20.6 Å². The van der Waals surface area contributed by atoms with E-state index >= 15 is 0 Å². The molecular formula is C27H36N4O5S. The highest BCUT2D eigenvalue weighted by molar-refractivity contribution is 7.91. The first-order chi connectivity index (χ1) is 17.8. The fourth-order valence-electron chi connectivity index (χ4n) is 5.33. The maximum Gasteiger partial charge on any atom is 0.305 e. The Bertz CT molecular complexity index is 1170. The van der Waals surface area contributed by atoms with Gasteiger partial charge in [-0.25, -0.2) is 8.42 Å². The van der Waals surface area contributed by atoms with Gasteiger partial charge in [-0.05, 0) is 74.4 Å². The maximum absolute atomic E-state index is 13.0. The fraction of sp³-hybridized carbons (Fsp3) is 0.481. The van der Waals surface area contributed by atoms with Crippen LogP contribution in [0.5, 0.6) is 0 Å². The number of sulfonamides is 1. The highest BCUT2D eigenvalue weighted by Gasteiger charge is 2.28. The largest absolute Gasteiger partial charge is 0.481 e. The molecular weight excluding hydrogens is 492 g/mol. The summed E-state index contributed by atoms with van der Waals surface area (Å²) in [6.07, 6.45) is 4.42. The van der Waals surface area contributed by atoms with Gasteiger partial charge in [0.25, 0.3) is 5.91 Å². The molecule has 2 aromatic rings. The van der Waals surface area contributed by atoms with Crippen LogP contribution in [0.2, 0.25) is 0 Å². The van der Waals surface area contributed by atoms with Crippen LogP contribution in [0.4, 0.5) is 11.4 Å². The highest BCUT2D eigenvalue weighted by atomic mass is 32.2. The number of carboxylic acid groups (broad SMARTS) is 1. The third kappa shape index (κ3) is 7.69. The lowest BCUT2D eigenvalue weighted by Crippen LogP contribution is -2.39. The van der Waals surface area contributed by atoms with E-state index in [1.54, 1.807) is 36.4 Å². The van der Waals surface area contributed by atoms with Crippen LogP contribution in [0.15, 0.2) is 48.5 Å². The quantitative estimate of drug-likeness (QED) is 0.373. The summed E-state index contributed by atoms with van der Waals surface area (Å²) in [4.78, 5) is 26.2. The Balaban J connectivity index is 1.50. The predicted octanol–water partition coefficient (Wildman–Crippen LogP) is 3.05. The number of anilines is 2. The Morgan fingerprint density at radius 2 is 1.65 bits per heavy atom. The summed E-state index contributed by atoms with van der Waals surface area (Å²) in [6.45, 7) is 3.90. The molecule has 2 fully saturated rings. The molecule has 4 rings (SSSR count). The molecule has 0 aliphatic carbocycles. The van der Waals surface area contributed by atoms with Crippen molar-refractivity contribution in [3.8, 4) is 0 Å². The van der Waals surface area contributed by atoms with Gasteiger partial charge in [-0.1, -0.05) is 30.3 Å². The Hall–Kier alpha value is -3.11. The zero-order chi connectivity index (χ0) is 26.3. The number of rotatable bonds is 10. The second-order valence-electron chi connectivity index (χ2n) is 9.89. The van der Waals surface area contributed by atoms with Gasteiger partial charge in [0.05, 0.1) is 23.4 Å². The first-order valence-corrected chi connectivity index (χ1v) is 14.6. The van der Waals surface area contributed by atoms with E-state index in [2.05, 4.69) is 20.3 Å². The zero-order valence-electron chi connectivity index (χ0n) is 21.0. The monoisotopic (exact) mass is 528 g/mol. The van der Waals surface area contributed by atoms with Crippen LogP contribution in [0.3, 0.4) is 0 Å². The van der Waals surface area contributed by atoms with Crippen molar-refractivity contribution in [2.75, 3.05) is 42.3 Å². The molecule has 37 heavy (non-hydrogen) atoms. The molecule has 0 spiro atoms. The molecule has 2 heterocycles. The molecule has 1 amide bonds. The molecule has 9 nitrogen and oxygen atoms in total. The van der Waals surface area contributed by atoms with E-state index in [1.165, 1.54) is 12.8 Å². The van der Waals surface area contributed by atoms with Crippen molar-refractivity contribution in [2.45, 2.75) is 37.9 Å². The molecule has 2 aromatic carbocycles. The molecule has 0 bridgehead atoms. The lowest BCUT2D eigenvalue weighted by atomic mass is 9.79. The molecule has 2 aliphatic rings. The number of nitrogens with one attached hydrogen (secondary N) is 3. The van der Waals surface area contributed by atoms with Crippen molar-refractivity contribution < 1.29 is 23.1 Å². The molecule has 10 heteroatoms. The van der Waals surface area contributed by atoms with Crippen molar-refractivity contribution in [2.24, 2.45) is 11.8 Å². The van der Waals surface area contributed by atoms with Crippen LogP contribution < -0.4 is 20.3 Å². The molecule has 0 saturated carbocycles. The molecule has 0 aromatic heterocycles. The number of hydrogen-bond donors (Lipinski definition) is 4. The van der Waals surface area contributed by atoms with E-state index in [0.29, 0.717) is 11.5 Å². The van der Waals surface area contributed by atoms with Gasteiger partial charge in [0, 0.05) is 25.3 Å². The topological polar surface area (TPSA) is 128 Å². The predicted molar refractivity (Wildman–Crippen MR) is 144 cm³/mol. The van der Waals surface area contributed by atoms with Gasteiger partial charge >= 0.3 is 5.97 Å². The summed E-state index contributed by atoms with van der Waals surface area (Å²) in [7, 11) is -3.78. The highest BCUT2D eigenvalue weighted by Crippen LogP contribution is 2.33. The number of piperidine rings is 2. The second kappa shape index (κ2) is 12.4. The molecule has 4 N–H and O–H groups in total. The van der Waals surface area contributed by atoms with Crippen molar-refractivity contribution >= 4 is 33.3 Å². The van der Waals surface area contributed by atoms with E-state index in [-0.39, 0.29) is 30.0 Å². The standard InChI is InChI=1S/C27H36N4O5S/c32-26(33)10-15-29-27(34)24-18-23(31-16-11-22(12-17-31)21-8-13-28-14-9-21)6-7-25(24)30-37(35,36)19-20-4-2-1-3-5-20/h1-7,18,21-22,28,30H,8-17,19H2,(H,29,34)(H,32,33). The SMILES string of the molecule is O=C(O)CCNC(=O)c1cc(N2CCC(C3CCNCC3)CC2)ccc1NS(=O)(=O)Cc1ccccc1. The van der Waals surface area contributed by atoms with E-state index in [4.69, 9.17) is 5.11 Å². The number of hydrogen-bond acceptors (Lipinski definition) is 6. The van der Waals surface area contributed by atoms with Crippen LogP contribution in [-0.4, -0.2) is 58.1 Å². The summed E-state index contributed by atoms with van der Waals surface area (Å²) in [5, 5.41) is 15.0. The fourth-order valence-corrected chi connectivity index (χ4v) is 6.54. The summed E-state index contributed by atoms with van der Waals surface area (Å²) < 4.78 is 28.3. The van der Waals surface area contributed by atoms with Gasteiger partial charge in [-0.15, -0.1) is 0 Å². The van der Waals surface area contributed by atoms with Crippen LogP contribution in [0, 0.1) is 11.8 Å². The molecule has 0 unspecified atom stereocenters. The Morgan fingerprint density at radius 3 is 2.32 bits per heavy atom. The van der Waals surface area contributed by atoms with Gasteiger partial charge in [0.15, 0.2) is 0 Å². The second-order valence-corrected chi connectivity index (χ2v) is 11.6. The smallest absolute Gasteiger partial charge is 0.305 e. The molecule has 2 saturated heterocycles. The molecule has 0 atom stereocenters. The van der Waals surface area contributed by atoms with Gasteiger partial charge < -0.3 is 20.6 Å². The summed E-state index contributed by atoms with van der Waals surface area (Å²) in [5.41, 5.74) is 1.85. The Morgan fingerprint density at radius 1 is 0.973 bits per heavy atom. The van der Waals surface area contributed by atoms with E-state index < -0.39 is 21.9 Å². The van der Waals surface area contributed by atoms with Crippen LogP contribution >= 0.6 is 0 Å². The normalized spacial score (nSPS) is 17.4. The number of benzene rings is 2. The van der Waals surface area contributed by atoms with Crippen molar-refractivity contribution in [3.05, 3.63) is 59.7 Å². The van der Waals surface area contributed by atoms with Gasteiger partial charge in [0.2, 0.25) is 10.0 Å². The van der Waals surface area contributed by atoms with Crippen LogP contribution in [0.1, 0.15) is 48.0 Å². The average molecular weight is 529 g/mol. The van der Waals surface area contributed by atoms with Gasteiger partial charge in [-0.3, -0.25) is 14.3 Å². The Labute approximate surface area is 218 Å². The zero-order valence-corrected chi connectivity index (χ0v) is 21.8. The first-order valence-electron chi connectivity index (χ1n) is 12.9. The third-order valence-corrected chi connectivity index (χ3v) is 8.54. The minimum atomic E-state index is -3.78. The number of carbonyl (C=O) groups excluding carboxylic acids is 1. The minimum absolute atomic E-state index is 0.0454. The lowest BCUT2D eigenvalue weighted by molar-refractivity contribution is -0.136. The number of carbonyl (C=O) groups is 2. The van der Waals surface area contributed by atoms with E-state index in [1.807, 2.05) is 12.1 Å². The number of carboxylic acids is 1. The Kier molecular flexibility index (Phi) is 9.04. The van der Waals surface area contributed by atoms with Gasteiger partial charge in [0.1, 0.15) is 0 Å². The molecule has 0 radical (unpaired) electrons. The van der Waals surface area contributed by atoms with Crippen molar-refractivity contribution in [1.29, 1.82) is 0 Å². The van der Waals surface area contributed by atoms with E-state index in [9.17, 15) is 18.0 Å². The van der Waals surface area contributed by atoms with Crippen molar-refractivity contribution in [1.82, 2.24) is 10.6 Å². The third-order valence-electron chi connectivity index (χ3n) is 7.29. The molecule has 2 aliphatic heterocycles. The van der Waals surface area contributed by atoms with Gasteiger partial charge in [-0.2, -0.15) is 0 Å².